The Bertz CT molecular complexity index is 964. The average Bonchev–Trinajstić information content (AvgIpc) is 2.70. The zero-order valence-corrected chi connectivity index (χ0v) is 19.0. The highest BCUT2D eigenvalue weighted by Crippen LogP contribution is 2.26. The number of nitrogens with zero attached hydrogens (tertiary/aromatic N) is 3. The molecule has 1 aliphatic rings. The lowest BCUT2D eigenvalue weighted by atomic mass is 10.1. The van der Waals surface area contributed by atoms with Crippen LogP contribution in [0, 0.1) is 13.8 Å². The number of carbonyl (C=O) groups is 1. The Labute approximate surface area is 180 Å². The van der Waals surface area contributed by atoms with Crippen molar-refractivity contribution in [2.24, 2.45) is 0 Å². The van der Waals surface area contributed by atoms with Gasteiger partial charge in [0.2, 0.25) is 15.9 Å². The van der Waals surface area contributed by atoms with Crippen LogP contribution in [0.4, 0.5) is 11.4 Å². The Morgan fingerprint density at radius 3 is 2.07 bits per heavy atom. The summed E-state index contributed by atoms with van der Waals surface area (Å²) in [4.78, 5) is 17.5. The molecule has 0 saturated carbocycles. The Hall–Kier alpha value is -2.54. The van der Waals surface area contributed by atoms with Gasteiger partial charge in [0.15, 0.2) is 0 Å². The maximum atomic E-state index is 13.4. The molecule has 0 bridgehead atoms. The Kier molecular flexibility index (Phi) is 6.71. The number of carbonyl (C=O) groups excluding carboxylic acids is 1. The first-order chi connectivity index (χ1) is 14.2. The molecule has 1 aliphatic heterocycles. The van der Waals surface area contributed by atoms with E-state index in [2.05, 4.69) is 17.0 Å². The van der Waals surface area contributed by atoms with Gasteiger partial charge in [-0.2, -0.15) is 0 Å². The number of aryl methyl sites for hydroxylation is 2. The Morgan fingerprint density at radius 2 is 1.57 bits per heavy atom. The lowest BCUT2D eigenvalue weighted by molar-refractivity contribution is -0.132. The first-order valence-electron chi connectivity index (χ1n) is 10.4. The molecule has 0 radical (unpaired) electrons. The van der Waals surface area contributed by atoms with E-state index in [1.54, 1.807) is 4.90 Å². The lowest BCUT2D eigenvalue weighted by Crippen LogP contribution is -2.56. The van der Waals surface area contributed by atoms with E-state index in [1.807, 2.05) is 57.2 Å². The molecular formula is C23H31N3O3S. The van der Waals surface area contributed by atoms with Gasteiger partial charge in [-0.25, -0.2) is 8.42 Å². The molecule has 1 unspecified atom stereocenters. The second-order valence-corrected chi connectivity index (χ2v) is 9.84. The van der Waals surface area contributed by atoms with Gasteiger partial charge < -0.3 is 9.80 Å². The second kappa shape index (κ2) is 9.08. The second-order valence-electron chi connectivity index (χ2n) is 7.98. The van der Waals surface area contributed by atoms with E-state index in [0.717, 1.165) is 29.9 Å². The summed E-state index contributed by atoms with van der Waals surface area (Å²) in [5, 5.41) is 0. The van der Waals surface area contributed by atoms with E-state index in [1.165, 1.54) is 10.6 Å². The van der Waals surface area contributed by atoms with E-state index in [4.69, 9.17) is 0 Å². The van der Waals surface area contributed by atoms with Crippen LogP contribution in [0.25, 0.3) is 0 Å². The van der Waals surface area contributed by atoms with Crippen molar-refractivity contribution in [2.45, 2.75) is 33.2 Å². The highest BCUT2D eigenvalue weighted by molar-refractivity contribution is 7.92. The topological polar surface area (TPSA) is 60.9 Å². The van der Waals surface area contributed by atoms with Gasteiger partial charge in [-0.3, -0.25) is 9.10 Å². The molecule has 0 spiro atoms. The number of anilines is 2. The van der Waals surface area contributed by atoms with Crippen LogP contribution >= 0.6 is 0 Å². The molecule has 1 fully saturated rings. The van der Waals surface area contributed by atoms with Gasteiger partial charge in [-0.05, 0) is 55.7 Å². The maximum Gasteiger partial charge on any atom is 0.246 e. The first-order valence-corrected chi connectivity index (χ1v) is 12.2. The highest BCUT2D eigenvalue weighted by atomic mass is 32.2. The smallest absolute Gasteiger partial charge is 0.246 e. The number of hydrogen-bond donors (Lipinski definition) is 0. The van der Waals surface area contributed by atoms with Gasteiger partial charge in [0.1, 0.15) is 6.04 Å². The molecule has 0 aliphatic carbocycles. The van der Waals surface area contributed by atoms with Gasteiger partial charge in [0.25, 0.3) is 0 Å². The third kappa shape index (κ3) is 4.95. The molecule has 2 aromatic rings. The molecule has 0 N–H and O–H groups in total. The predicted molar refractivity (Wildman–Crippen MR) is 123 cm³/mol. The molecular weight excluding hydrogens is 398 g/mol. The summed E-state index contributed by atoms with van der Waals surface area (Å²) in [6.45, 7) is 8.35. The van der Waals surface area contributed by atoms with Crippen molar-refractivity contribution in [3.05, 3.63) is 59.7 Å². The van der Waals surface area contributed by atoms with Gasteiger partial charge in [-0.1, -0.05) is 31.2 Å². The predicted octanol–water partition coefficient (Wildman–Crippen LogP) is 3.20. The molecule has 2 aromatic carbocycles. The van der Waals surface area contributed by atoms with Crippen LogP contribution in [0.1, 0.15) is 24.5 Å². The molecule has 0 aromatic heterocycles. The quantitative estimate of drug-likeness (QED) is 0.708. The summed E-state index contributed by atoms with van der Waals surface area (Å²) < 4.78 is 26.8. The standard InChI is InChI=1S/C23H31N3O3S/c1-5-22(26(30(4,28)29)21-16-18(2)15-19(3)17-21)23(27)25-13-11-24(12-14-25)20-9-7-6-8-10-20/h6-10,15-17,22H,5,11-14H2,1-4H3. The molecule has 6 nitrogen and oxygen atoms in total. The fraction of sp³-hybridized carbons (Fsp3) is 0.435. The fourth-order valence-electron chi connectivity index (χ4n) is 4.16. The van der Waals surface area contributed by atoms with Crippen LogP contribution in [0.2, 0.25) is 0 Å². The van der Waals surface area contributed by atoms with Crippen molar-refractivity contribution < 1.29 is 13.2 Å². The van der Waals surface area contributed by atoms with Crippen LogP contribution < -0.4 is 9.21 Å². The summed E-state index contributed by atoms with van der Waals surface area (Å²) in [5.74, 6) is -0.130. The van der Waals surface area contributed by atoms with E-state index < -0.39 is 16.1 Å². The van der Waals surface area contributed by atoms with Crippen molar-refractivity contribution in [3.8, 4) is 0 Å². The maximum absolute atomic E-state index is 13.4. The number of amides is 1. The number of para-hydroxylation sites is 1. The summed E-state index contributed by atoms with van der Waals surface area (Å²) in [6, 6.07) is 15.0. The zero-order valence-electron chi connectivity index (χ0n) is 18.2. The van der Waals surface area contributed by atoms with E-state index in [0.29, 0.717) is 25.2 Å². The van der Waals surface area contributed by atoms with Crippen LogP contribution in [-0.2, 0) is 14.8 Å². The fourth-order valence-corrected chi connectivity index (χ4v) is 5.35. The van der Waals surface area contributed by atoms with Crippen molar-refractivity contribution >= 4 is 27.3 Å². The lowest BCUT2D eigenvalue weighted by Gasteiger charge is -2.39. The first kappa shape index (κ1) is 22.2. The number of sulfonamides is 1. The minimum Gasteiger partial charge on any atom is -0.368 e. The van der Waals surface area contributed by atoms with Crippen LogP contribution in [0.5, 0.6) is 0 Å². The van der Waals surface area contributed by atoms with Crippen molar-refractivity contribution in [3.63, 3.8) is 0 Å². The SMILES string of the molecule is CCC(C(=O)N1CCN(c2ccccc2)CC1)N(c1cc(C)cc(C)c1)S(C)(=O)=O. The molecule has 1 saturated heterocycles. The van der Waals surface area contributed by atoms with Gasteiger partial charge >= 0.3 is 0 Å². The number of piperazine rings is 1. The van der Waals surface area contributed by atoms with Crippen LogP contribution in [-0.4, -0.2) is 57.7 Å². The largest absolute Gasteiger partial charge is 0.368 e. The molecule has 3 rings (SSSR count). The third-order valence-corrected chi connectivity index (χ3v) is 6.67. The zero-order chi connectivity index (χ0) is 21.9. The monoisotopic (exact) mass is 429 g/mol. The summed E-state index contributed by atoms with van der Waals surface area (Å²) in [7, 11) is -3.62. The van der Waals surface area contributed by atoms with Gasteiger partial charge in [0.05, 0.1) is 11.9 Å². The van der Waals surface area contributed by atoms with E-state index >= 15 is 0 Å². The molecule has 7 heteroatoms. The summed E-state index contributed by atoms with van der Waals surface area (Å²) >= 11 is 0. The molecule has 30 heavy (non-hydrogen) atoms. The number of rotatable bonds is 6. The van der Waals surface area contributed by atoms with Gasteiger partial charge in [-0.15, -0.1) is 0 Å². The molecule has 1 atom stereocenters. The Balaban J connectivity index is 1.81. The molecule has 1 heterocycles. The summed E-state index contributed by atoms with van der Waals surface area (Å²) in [6.07, 6.45) is 1.59. The normalized spacial score (nSPS) is 15.7. The van der Waals surface area contributed by atoms with Crippen molar-refractivity contribution in [2.75, 3.05) is 41.6 Å². The number of hydrogen-bond acceptors (Lipinski definition) is 4. The van der Waals surface area contributed by atoms with Crippen molar-refractivity contribution in [1.29, 1.82) is 0 Å². The molecule has 162 valence electrons. The van der Waals surface area contributed by atoms with Crippen molar-refractivity contribution in [1.82, 2.24) is 4.90 Å². The molecule has 1 amide bonds. The van der Waals surface area contributed by atoms with E-state index in [-0.39, 0.29) is 5.91 Å². The summed E-state index contributed by atoms with van der Waals surface area (Å²) in [5.41, 5.74) is 3.64. The van der Waals surface area contributed by atoms with E-state index in [9.17, 15) is 13.2 Å². The van der Waals surface area contributed by atoms with Crippen LogP contribution in [0.15, 0.2) is 48.5 Å². The average molecular weight is 430 g/mol. The number of benzene rings is 2. The van der Waals surface area contributed by atoms with Gasteiger partial charge in [0, 0.05) is 31.9 Å². The minimum absolute atomic E-state index is 0.130. The third-order valence-electron chi connectivity index (χ3n) is 5.49. The Morgan fingerprint density at radius 1 is 1.00 bits per heavy atom. The highest BCUT2D eigenvalue weighted by Gasteiger charge is 2.35. The van der Waals surface area contributed by atoms with Crippen LogP contribution in [0.3, 0.4) is 0 Å². The minimum atomic E-state index is -3.62.